The van der Waals surface area contributed by atoms with E-state index in [0.29, 0.717) is 10.5 Å². The average Bonchev–Trinajstić information content (AvgIpc) is 2.39. The number of nitrogens with zero attached hydrogens (tertiary/aromatic N) is 1. The Morgan fingerprint density at radius 3 is 2.20 bits per heavy atom. The third-order valence-electron chi connectivity index (χ3n) is 4.56. The van der Waals surface area contributed by atoms with Crippen molar-refractivity contribution in [1.82, 2.24) is 5.32 Å². The second kappa shape index (κ2) is 6.00. The summed E-state index contributed by atoms with van der Waals surface area (Å²) in [6.45, 7) is 9.50. The van der Waals surface area contributed by atoms with Crippen molar-refractivity contribution in [3.63, 3.8) is 0 Å². The van der Waals surface area contributed by atoms with E-state index in [1.807, 2.05) is 20.8 Å². The first-order chi connectivity index (χ1) is 9.33. The van der Waals surface area contributed by atoms with Crippen LogP contribution in [0.15, 0.2) is 0 Å². The van der Waals surface area contributed by atoms with Gasteiger partial charge in [0.05, 0.1) is 13.1 Å². The first kappa shape index (κ1) is 15.7. The summed E-state index contributed by atoms with van der Waals surface area (Å²) in [4.78, 5) is 12.8. The van der Waals surface area contributed by atoms with Gasteiger partial charge in [-0.05, 0) is 20.8 Å². The first-order valence-corrected chi connectivity index (χ1v) is 7.90. The summed E-state index contributed by atoms with van der Waals surface area (Å²) >= 11 is 0. The molecule has 3 N–H and O–H groups in total. The van der Waals surface area contributed by atoms with Gasteiger partial charge in [-0.3, -0.25) is 0 Å². The maximum atomic E-state index is 12.8. The van der Waals surface area contributed by atoms with Gasteiger partial charge in [-0.1, -0.05) is 0 Å². The highest BCUT2D eigenvalue weighted by Crippen LogP contribution is 2.30. The molecular weight excluding hydrogens is 254 g/mol. The highest BCUT2D eigenvalue weighted by molar-refractivity contribution is 5.60. The average molecular weight is 284 g/mol. The van der Waals surface area contributed by atoms with Crippen LogP contribution >= 0.6 is 0 Å². The van der Waals surface area contributed by atoms with Crippen LogP contribution in [-0.2, 0) is 4.74 Å². The Balaban J connectivity index is 2.17. The Morgan fingerprint density at radius 1 is 1.15 bits per heavy atom. The van der Waals surface area contributed by atoms with Crippen LogP contribution in [0.1, 0.15) is 46.5 Å². The van der Waals surface area contributed by atoms with E-state index in [1.165, 1.54) is 0 Å². The molecule has 116 valence electrons. The number of piperidine rings is 2. The Kier molecular flexibility index (Phi) is 4.72. The van der Waals surface area contributed by atoms with Crippen LogP contribution < -0.4 is 11.1 Å². The number of nitrogens with one attached hydrogen (secondary N) is 1. The number of likely N-dealkylation sites (tertiary alicyclic amines) is 1. The monoisotopic (exact) mass is 284 g/mol. The van der Waals surface area contributed by atoms with E-state index in [0.717, 1.165) is 51.9 Å². The van der Waals surface area contributed by atoms with Crippen molar-refractivity contribution in [1.29, 1.82) is 0 Å². The molecule has 0 unspecified atom stereocenters. The van der Waals surface area contributed by atoms with E-state index in [9.17, 15) is 4.79 Å². The van der Waals surface area contributed by atoms with Gasteiger partial charge in [-0.15, -0.1) is 0 Å². The molecule has 2 saturated heterocycles. The number of amides is 1. The highest BCUT2D eigenvalue weighted by Gasteiger charge is 2.49. The maximum Gasteiger partial charge on any atom is 0.516 e. The lowest BCUT2D eigenvalue weighted by molar-refractivity contribution is -0.889. The van der Waals surface area contributed by atoms with Crippen molar-refractivity contribution >= 4 is 6.09 Å². The third-order valence-corrected chi connectivity index (χ3v) is 4.56. The van der Waals surface area contributed by atoms with Crippen molar-refractivity contribution < 1.29 is 14.0 Å². The lowest BCUT2D eigenvalue weighted by atomic mass is 9.95. The van der Waals surface area contributed by atoms with Gasteiger partial charge in [0, 0.05) is 44.8 Å². The van der Waals surface area contributed by atoms with E-state index in [-0.39, 0.29) is 12.1 Å². The van der Waals surface area contributed by atoms with Crippen LogP contribution in [-0.4, -0.2) is 54.4 Å². The predicted octanol–water partition coefficient (Wildman–Crippen LogP) is 1.61. The minimum absolute atomic E-state index is 0.0451. The molecule has 2 heterocycles. The molecule has 20 heavy (non-hydrogen) atoms. The van der Waals surface area contributed by atoms with Crippen LogP contribution in [0, 0.1) is 0 Å². The second-order valence-corrected chi connectivity index (χ2v) is 7.28. The van der Waals surface area contributed by atoms with E-state index >= 15 is 0 Å². The molecule has 0 aromatic carbocycles. The van der Waals surface area contributed by atoms with Crippen molar-refractivity contribution in [2.75, 3.05) is 26.2 Å². The number of carbonyl (C=O) groups excluding carboxylic acids is 1. The van der Waals surface area contributed by atoms with E-state index in [2.05, 4.69) is 5.32 Å². The van der Waals surface area contributed by atoms with Crippen LogP contribution in [0.5, 0.6) is 0 Å². The molecule has 1 amide bonds. The summed E-state index contributed by atoms with van der Waals surface area (Å²) < 4.78 is 6.23. The van der Waals surface area contributed by atoms with Crippen LogP contribution in [0.4, 0.5) is 4.79 Å². The molecule has 2 rings (SSSR count). The van der Waals surface area contributed by atoms with E-state index < -0.39 is 5.60 Å². The molecular formula is C15H30N3O2+. The van der Waals surface area contributed by atoms with Crippen LogP contribution in [0.3, 0.4) is 0 Å². The predicted molar refractivity (Wildman–Crippen MR) is 79.3 cm³/mol. The van der Waals surface area contributed by atoms with Crippen molar-refractivity contribution in [3.8, 4) is 0 Å². The fourth-order valence-corrected chi connectivity index (χ4v) is 3.40. The molecule has 0 atom stereocenters. The molecule has 2 aliphatic heterocycles. The second-order valence-electron chi connectivity index (χ2n) is 7.28. The largest absolute Gasteiger partial charge is 0.516 e. The topological polar surface area (TPSA) is 64.3 Å². The molecule has 0 spiro atoms. The van der Waals surface area contributed by atoms with Gasteiger partial charge in [0.25, 0.3) is 0 Å². The summed E-state index contributed by atoms with van der Waals surface area (Å²) in [6.07, 6.45) is 3.89. The fraction of sp³-hybridized carbons (Fsp3) is 0.933. The van der Waals surface area contributed by atoms with Crippen molar-refractivity contribution in [2.45, 2.75) is 64.1 Å². The highest BCUT2D eigenvalue weighted by atomic mass is 16.6. The number of carbonyl (C=O) groups is 1. The molecule has 0 saturated carbocycles. The summed E-state index contributed by atoms with van der Waals surface area (Å²) in [6, 6.07) is 0.629. The SMILES string of the molecule is CC(C)(C)OC(=O)[N+]1(C2CCNCC2)CCC(N)CC1. The van der Waals surface area contributed by atoms with Crippen molar-refractivity contribution in [3.05, 3.63) is 0 Å². The van der Waals surface area contributed by atoms with Crippen molar-refractivity contribution in [2.24, 2.45) is 5.73 Å². The zero-order chi connectivity index (χ0) is 14.8. The van der Waals surface area contributed by atoms with Gasteiger partial charge in [-0.2, -0.15) is 4.79 Å². The summed E-state index contributed by atoms with van der Waals surface area (Å²) in [7, 11) is 0. The van der Waals surface area contributed by atoms with Crippen LogP contribution in [0.25, 0.3) is 0 Å². The quantitative estimate of drug-likeness (QED) is 0.718. The molecule has 2 fully saturated rings. The zero-order valence-corrected chi connectivity index (χ0v) is 13.2. The molecule has 0 bridgehead atoms. The lowest BCUT2D eigenvalue weighted by Crippen LogP contribution is -2.66. The maximum absolute atomic E-state index is 12.8. The number of rotatable bonds is 1. The van der Waals surface area contributed by atoms with Gasteiger partial charge in [0.15, 0.2) is 0 Å². The number of nitrogens with two attached hydrogens (primary N) is 1. The Hall–Kier alpha value is -0.650. The number of hydrogen-bond donors (Lipinski definition) is 2. The Bertz CT molecular complexity index is 338. The zero-order valence-electron chi connectivity index (χ0n) is 13.2. The number of ether oxygens (including phenoxy) is 1. The molecule has 0 aromatic rings. The van der Waals surface area contributed by atoms with Crippen LogP contribution in [0.2, 0.25) is 0 Å². The third kappa shape index (κ3) is 3.51. The number of hydrogen-bond acceptors (Lipinski definition) is 4. The first-order valence-electron chi connectivity index (χ1n) is 7.90. The number of quaternary nitrogens is 1. The summed E-state index contributed by atoms with van der Waals surface area (Å²) in [5.74, 6) is 0. The lowest BCUT2D eigenvalue weighted by Gasteiger charge is -2.46. The normalized spacial score (nSPS) is 32.9. The fourth-order valence-electron chi connectivity index (χ4n) is 3.40. The minimum Gasteiger partial charge on any atom is -0.414 e. The van der Waals surface area contributed by atoms with E-state index in [1.54, 1.807) is 0 Å². The van der Waals surface area contributed by atoms with Gasteiger partial charge in [0.2, 0.25) is 0 Å². The van der Waals surface area contributed by atoms with Gasteiger partial charge >= 0.3 is 6.09 Å². The summed E-state index contributed by atoms with van der Waals surface area (Å²) in [5.41, 5.74) is 5.62. The molecule has 5 heteroatoms. The smallest absolute Gasteiger partial charge is 0.414 e. The van der Waals surface area contributed by atoms with Gasteiger partial charge < -0.3 is 15.8 Å². The molecule has 5 nitrogen and oxygen atoms in total. The molecule has 0 aliphatic carbocycles. The molecule has 0 radical (unpaired) electrons. The Labute approximate surface area is 122 Å². The Morgan fingerprint density at radius 2 is 1.70 bits per heavy atom. The van der Waals surface area contributed by atoms with E-state index in [4.69, 9.17) is 10.5 Å². The molecule has 2 aliphatic rings. The molecule has 0 aromatic heterocycles. The standard InChI is InChI=1S/C15H30N3O2/c1-15(2,3)20-14(19)18(10-6-12(16)7-11-18)13-4-8-17-9-5-13/h12-13,17H,4-11,16H2,1-3H3/q+1. The summed E-state index contributed by atoms with van der Waals surface area (Å²) in [5, 5.41) is 3.38. The minimum atomic E-state index is -0.422. The van der Waals surface area contributed by atoms with Gasteiger partial charge in [-0.25, -0.2) is 4.48 Å². The van der Waals surface area contributed by atoms with Gasteiger partial charge in [0.1, 0.15) is 11.6 Å².